The first kappa shape index (κ1) is 15.3. The Balaban J connectivity index is 4.29. The van der Waals surface area contributed by atoms with Gasteiger partial charge in [-0.1, -0.05) is 0 Å². The predicted molar refractivity (Wildman–Crippen MR) is 61.4 cm³/mol. The Hall–Kier alpha value is -0.710. The van der Waals surface area contributed by atoms with Crippen molar-refractivity contribution in [1.82, 2.24) is 10.2 Å². The third-order valence-electron chi connectivity index (χ3n) is 1.73. The third kappa shape index (κ3) is 6.00. The standard InChI is InChI=1S/C9H19N2O4P/c1-5-15-9(13)8(3)11-16(4,14)10-7(2)6-12/h6-8H,5H2,1-4H3,(H2,10,11,14). The van der Waals surface area contributed by atoms with Crippen LogP contribution in [0.25, 0.3) is 0 Å². The number of aldehydes is 1. The van der Waals surface area contributed by atoms with Crippen LogP contribution in [0.5, 0.6) is 0 Å². The topological polar surface area (TPSA) is 84.5 Å². The molecular weight excluding hydrogens is 231 g/mol. The van der Waals surface area contributed by atoms with E-state index in [1.54, 1.807) is 20.8 Å². The first-order chi connectivity index (χ1) is 7.32. The van der Waals surface area contributed by atoms with Gasteiger partial charge in [-0.2, -0.15) is 0 Å². The molecule has 3 unspecified atom stereocenters. The number of hydrogen-bond acceptors (Lipinski definition) is 4. The maximum absolute atomic E-state index is 11.9. The molecule has 0 amide bonds. The fourth-order valence-electron chi connectivity index (χ4n) is 1.15. The van der Waals surface area contributed by atoms with E-state index in [-0.39, 0.29) is 6.61 Å². The normalized spacial score (nSPS) is 18.2. The Labute approximate surface area is 95.6 Å². The number of rotatable bonds is 7. The van der Waals surface area contributed by atoms with Crippen LogP contribution in [-0.2, 0) is 18.9 Å². The summed E-state index contributed by atoms with van der Waals surface area (Å²) in [6.07, 6.45) is 0.646. The van der Waals surface area contributed by atoms with Crippen LogP contribution >= 0.6 is 7.44 Å². The minimum atomic E-state index is -2.93. The summed E-state index contributed by atoms with van der Waals surface area (Å²) < 4.78 is 16.7. The maximum atomic E-state index is 11.9. The van der Waals surface area contributed by atoms with Crippen molar-refractivity contribution in [2.45, 2.75) is 32.9 Å². The Kier molecular flexibility index (Phi) is 6.48. The average Bonchev–Trinajstić information content (AvgIpc) is 2.16. The molecule has 0 spiro atoms. The molecule has 0 saturated heterocycles. The lowest BCUT2D eigenvalue weighted by molar-refractivity contribution is -0.144. The van der Waals surface area contributed by atoms with Crippen molar-refractivity contribution in [2.24, 2.45) is 0 Å². The summed E-state index contributed by atoms with van der Waals surface area (Å²) in [6, 6.07) is -1.21. The Morgan fingerprint density at radius 1 is 1.44 bits per heavy atom. The molecule has 3 atom stereocenters. The van der Waals surface area contributed by atoms with E-state index in [0.29, 0.717) is 6.29 Å². The molecule has 0 aromatic carbocycles. The van der Waals surface area contributed by atoms with Gasteiger partial charge in [0.25, 0.3) is 0 Å². The van der Waals surface area contributed by atoms with Gasteiger partial charge >= 0.3 is 5.97 Å². The quantitative estimate of drug-likeness (QED) is 0.389. The van der Waals surface area contributed by atoms with Gasteiger partial charge in [0.2, 0.25) is 7.44 Å². The molecule has 0 bridgehead atoms. The van der Waals surface area contributed by atoms with E-state index in [9.17, 15) is 14.2 Å². The zero-order chi connectivity index (χ0) is 12.8. The van der Waals surface area contributed by atoms with Crippen LogP contribution in [0.3, 0.4) is 0 Å². The second-order valence-corrected chi connectivity index (χ2v) is 5.95. The summed E-state index contributed by atoms with van der Waals surface area (Å²) in [6.45, 7) is 6.53. The summed E-state index contributed by atoms with van der Waals surface area (Å²) in [5.41, 5.74) is 0. The minimum absolute atomic E-state index is 0.275. The predicted octanol–water partition coefficient (Wildman–Crippen LogP) is 0.527. The zero-order valence-corrected chi connectivity index (χ0v) is 10.9. The van der Waals surface area contributed by atoms with Gasteiger partial charge in [0.05, 0.1) is 12.6 Å². The Bertz CT molecular complexity index is 295. The van der Waals surface area contributed by atoms with Gasteiger partial charge in [-0.3, -0.25) is 9.36 Å². The van der Waals surface area contributed by atoms with E-state index in [4.69, 9.17) is 4.74 Å². The molecule has 0 fully saturated rings. The van der Waals surface area contributed by atoms with Crippen molar-refractivity contribution in [3.05, 3.63) is 0 Å². The lowest BCUT2D eigenvalue weighted by Crippen LogP contribution is -2.38. The summed E-state index contributed by atoms with van der Waals surface area (Å²) in [5.74, 6) is -0.467. The lowest BCUT2D eigenvalue weighted by Gasteiger charge is -2.21. The molecule has 2 N–H and O–H groups in total. The molecule has 0 heterocycles. The van der Waals surface area contributed by atoms with Crippen molar-refractivity contribution in [3.8, 4) is 0 Å². The zero-order valence-electron chi connectivity index (χ0n) is 10.0. The van der Waals surface area contributed by atoms with Gasteiger partial charge in [-0.15, -0.1) is 0 Å². The smallest absolute Gasteiger partial charge is 0.323 e. The van der Waals surface area contributed by atoms with E-state index in [2.05, 4.69) is 10.2 Å². The van der Waals surface area contributed by atoms with E-state index in [1.807, 2.05) is 0 Å². The molecule has 0 rings (SSSR count). The third-order valence-corrected chi connectivity index (χ3v) is 3.51. The van der Waals surface area contributed by atoms with Gasteiger partial charge in [0, 0.05) is 6.66 Å². The highest BCUT2D eigenvalue weighted by molar-refractivity contribution is 7.59. The van der Waals surface area contributed by atoms with Crippen LogP contribution < -0.4 is 10.2 Å². The van der Waals surface area contributed by atoms with E-state index in [1.165, 1.54) is 6.66 Å². The van der Waals surface area contributed by atoms with Crippen LogP contribution in [-0.4, -0.2) is 37.6 Å². The summed E-state index contributed by atoms with van der Waals surface area (Å²) >= 11 is 0. The highest BCUT2D eigenvalue weighted by atomic mass is 31.2. The SMILES string of the molecule is CCOC(=O)C(C)NP(C)(=O)NC(C)C=O. The maximum Gasteiger partial charge on any atom is 0.323 e. The monoisotopic (exact) mass is 250 g/mol. The number of ether oxygens (including phenoxy) is 1. The van der Waals surface area contributed by atoms with Gasteiger partial charge < -0.3 is 9.53 Å². The molecule has 0 radical (unpaired) electrons. The second-order valence-electron chi connectivity index (χ2n) is 3.58. The first-order valence-electron chi connectivity index (χ1n) is 5.07. The Morgan fingerprint density at radius 3 is 2.44 bits per heavy atom. The molecule has 0 aliphatic heterocycles. The van der Waals surface area contributed by atoms with Crippen LogP contribution in [0.4, 0.5) is 0 Å². The largest absolute Gasteiger partial charge is 0.465 e. The molecule has 0 saturated carbocycles. The van der Waals surface area contributed by atoms with Crippen molar-refractivity contribution >= 4 is 19.7 Å². The number of nitrogens with one attached hydrogen (secondary N) is 2. The average molecular weight is 250 g/mol. The fraction of sp³-hybridized carbons (Fsp3) is 0.778. The van der Waals surface area contributed by atoms with Crippen molar-refractivity contribution in [2.75, 3.05) is 13.3 Å². The van der Waals surface area contributed by atoms with Crippen molar-refractivity contribution in [1.29, 1.82) is 0 Å². The van der Waals surface area contributed by atoms with Gasteiger partial charge in [0.1, 0.15) is 12.3 Å². The minimum Gasteiger partial charge on any atom is -0.465 e. The molecule has 0 aliphatic rings. The van der Waals surface area contributed by atoms with Crippen molar-refractivity contribution in [3.63, 3.8) is 0 Å². The second kappa shape index (κ2) is 6.78. The molecule has 94 valence electrons. The van der Waals surface area contributed by atoms with E-state index in [0.717, 1.165) is 0 Å². The molecule has 0 aromatic heterocycles. The molecule has 16 heavy (non-hydrogen) atoms. The highest BCUT2D eigenvalue weighted by Crippen LogP contribution is 2.31. The highest BCUT2D eigenvalue weighted by Gasteiger charge is 2.24. The lowest BCUT2D eigenvalue weighted by atomic mass is 10.4. The number of carbonyl (C=O) groups is 2. The molecule has 0 aromatic rings. The fourth-order valence-corrected chi connectivity index (χ4v) is 2.90. The van der Waals surface area contributed by atoms with Crippen molar-refractivity contribution < 1.29 is 18.9 Å². The van der Waals surface area contributed by atoms with E-state index < -0.39 is 25.5 Å². The van der Waals surface area contributed by atoms with Gasteiger partial charge in [-0.05, 0) is 20.8 Å². The van der Waals surface area contributed by atoms with Crippen LogP contribution in [0.15, 0.2) is 0 Å². The molecule has 7 heteroatoms. The van der Waals surface area contributed by atoms with Crippen LogP contribution in [0, 0.1) is 0 Å². The van der Waals surface area contributed by atoms with Crippen LogP contribution in [0.2, 0.25) is 0 Å². The summed E-state index contributed by atoms with van der Waals surface area (Å²) in [5, 5.41) is 5.22. The van der Waals surface area contributed by atoms with E-state index >= 15 is 0 Å². The molecular formula is C9H19N2O4P. The summed E-state index contributed by atoms with van der Waals surface area (Å²) in [7, 11) is -2.93. The van der Waals surface area contributed by atoms with Crippen LogP contribution in [0.1, 0.15) is 20.8 Å². The molecule has 6 nitrogen and oxygen atoms in total. The number of hydrogen-bond donors (Lipinski definition) is 2. The number of carbonyl (C=O) groups excluding carboxylic acids is 2. The summed E-state index contributed by atoms with van der Waals surface area (Å²) in [4.78, 5) is 21.7. The number of esters is 1. The first-order valence-corrected chi connectivity index (χ1v) is 7.22. The van der Waals surface area contributed by atoms with Gasteiger partial charge in [0.15, 0.2) is 0 Å². The molecule has 0 aliphatic carbocycles. The Morgan fingerprint density at radius 2 is 2.00 bits per heavy atom. The van der Waals surface area contributed by atoms with Gasteiger partial charge in [-0.25, -0.2) is 10.2 Å².